The molecule has 12 N–H and O–H groups in total. The molecule has 16 atom stereocenters. The molecule has 0 aliphatic carbocycles. The first-order valence-electron chi connectivity index (χ1n) is 21.1. The van der Waals surface area contributed by atoms with Gasteiger partial charge in [-0.3, -0.25) is 51.5 Å². The average molecular weight is 1140 g/mol. The smallest absolute Gasteiger partial charge is 0.313 e. The first-order chi connectivity index (χ1) is 35.2. The monoisotopic (exact) mass is 1140 g/mol. The third-order valence-corrected chi connectivity index (χ3v) is 16.6. The number of aryl methyl sites for hydroxylation is 1. The normalized spacial score (nSPS) is 30.5. The number of H-pyrrole nitrogens is 2. The lowest BCUT2D eigenvalue weighted by molar-refractivity contribution is -0.745. The number of hydrogen-bond donors (Lipinski definition) is 9. The number of aromatic amines is 2. The zero-order valence-corrected chi connectivity index (χ0v) is 41.4. The topological polar surface area (TPSA) is 574 Å². The number of methoxy groups -OCH3 is 1. The van der Waals surface area contributed by atoms with E-state index in [1.54, 1.807) is 0 Å². The van der Waals surface area contributed by atoms with Crippen LogP contribution in [0.3, 0.4) is 0 Å². The molecular formula is C32H40N15O24P4-3. The summed E-state index contributed by atoms with van der Waals surface area (Å²) in [6, 6.07) is 0. The predicted octanol–water partition coefficient (Wildman–Crippen LogP) is -7.24. The third kappa shape index (κ3) is 10.9. The van der Waals surface area contributed by atoms with Gasteiger partial charge in [-0.15, -0.1) is 0 Å². The molecule has 3 aliphatic heterocycles. The first-order valence-corrected chi connectivity index (χ1v) is 26.9. The minimum atomic E-state index is -6.59. The summed E-state index contributed by atoms with van der Waals surface area (Å²) >= 11 is 0. The van der Waals surface area contributed by atoms with Crippen LogP contribution in [0, 0.1) is 0 Å². The Labute approximate surface area is 414 Å². The number of phosphoric acid groups is 4. The SMILES string of the molecule is CO[C@H]1C(OP(=O)([O-])OC[C@H]2O[C@@H](n3cnc4c(=O)[nH]c(N)nc43)[C@@H](O)C2O)[C@@H](COP(=O)([O-])OP(=O)([O-])OP(=O)([O-])OC[C@H]2O[C@@H]([n+]3cn(C)c4c(=O)[nH]c(N)nc43)[C@@H](O)C2O)O[C@H]1n1cnc2c(N)ncnc21. The number of anilines is 3. The van der Waals surface area contributed by atoms with Gasteiger partial charge in [-0.05, 0) is 0 Å². The van der Waals surface area contributed by atoms with Crippen LogP contribution >= 0.6 is 31.3 Å². The predicted molar refractivity (Wildman–Crippen MR) is 230 cm³/mol. The van der Waals surface area contributed by atoms with Crippen molar-refractivity contribution >= 4 is 82.5 Å². The van der Waals surface area contributed by atoms with E-state index in [4.69, 9.17) is 45.2 Å². The Kier molecular flexibility index (Phi) is 14.8. The molecule has 3 fully saturated rings. The fourth-order valence-electron chi connectivity index (χ4n) is 8.26. The minimum absolute atomic E-state index is 0.00984. The largest absolute Gasteiger partial charge is 0.756 e. The maximum Gasteiger partial charge on any atom is 0.313 e. The van der Waals surface area contributed by atoms with Crippen LogP contribution in [0.4, 0.5) is 17.7 Å². The summed E-state index contributed by atoms with van der Waals surface area (Å²) < 4.78 is 106. The fourth-order valence-corrected chi connectivity index (χ4v) is 12.6. The number of aliphatic hydroxyl groups is 4. The number of aromatic nitrogens is 12. The Hall–Kier alpha value is -5.15. The number of imidazole rings is 3. The van der Waals surface area contributed by atoms with Gasteiger partial charge in [0.05, 0.1) is 39.5 Å². The molecule has 0 amide bonds. The molecule has 39 nitrogen and oxygen atoms in total. The highest BCUT2D eigenvalue weighted by molar-refractivity contribution is 7.65. The van der Waals surface area contributed by atoms with Crippen molar-refractivity contribution in [2.24, 2.45) is 7.05 Å². The van der Waals surface area contributed by atoms with Gasteiger partial charge in [0.15, 0.2) is 41.4 Å². The van der Waals surface area contributed by atoms with E-state index in [0.717, 1.165) is 39.8 Å². The molecule has 0 bridgehead atoms. The summed E-state index contributed by atoms with van der Waals surface area (Å²) in [7, 11) is -22.4. The second-order valence-electron chi connectivity index (χ2n) is 16.4. The molecular weight excluding hydrogens is 1100 g/mol. The summed E-state index contributed by atoms with van der Waals surface area (Å²) in [6.45, 7) is -3.73. The molecule has 6 aromatic rings. The van der Waals surface area contributed by atoms with Crippen LogP contribution in [0.15, 0.2) is 34.9 Å². The quantitative estimate of drug-likeness (QED) is 0.0269. The molecule has 7 unspecified atom stereocenters. The molecule has 3 saturated heterocycles. The highest BCUT2D eigenvalue weighted by Gasteiger charge is 2.51. The summed E-state index contributed by atoms with van der Waals surface area (Å²) in [4.78, 5) is 105. The lowest BCUT2D eigenvalue weighted by Crippen LogP contribution is -2.46. The number of ether oxygens (including phenoxy) is 4. The van der Waals surface area contributed by atoms with Crippen LogP contribution in [0.2, 0.25) is 0 Å². The van der Waals surface area contributed by atoms with Crippen molar-refractivity contribution in [2.75, 3.05) is 44.1 Å². The Bertz CT molecular complexity index is 3470. The molecule has 0 radical (unpaired) electrons. The maximum atomic E-state index is 13.5. The van der Waals surface area contributed by atoms with Crippen LogP contribution in [-0.4, -0.2) is 156 Å². The van der Waals surface area contributed by atoms with Crippen molar-refractivity contribution < 1.29 is 108 Å². The zero-order valence-electron chi connectivity index (χ0n) is 37.8. The first kappa shape index (κ1) is 54.6. The number of nitrogens with zero attached hydrogens (tertiary/aromatic N) is 10. The number of nitrogens with two attached hydrogens (primary N) is 3. The van der Waals surface area contributed by atoms with Gasteiger partial charge < -0.3 is 94.2 Å². The summed E-state index contributed by atoms with van der Waals surface area (Å²) in [5, 5.41) is 43.0. The molecule has 0 spiro atoms. The molecule has 43 heteroatoms. The van der Waals surface area contributed by atoms with E-state index in [1.165, 1.54) is 17.9 Å². The molecule has 0 saturated carbocycles. The van der Waals surface area contributed by atoms with E-state index < -0.39 is 136 Å². The molecule has 410 valence electrons. The maximum absolute atomic E-state index is 13.5. The van der Waals surface area contributed by atoms with Crippen molar-refractivity contribution in [3.63, 3.8) is 0 Å². The summed E-state index contributed by atoms with van der Waals surface area (Å²) in [5.74, 6) is -0.782. The Morgan fingerprint density at radius 1 is 0.680 bits per heavy atom. The van der Waals surface area contributed by atoms with Gasteiger partial charge in [0.2, 0.25) is 17.7 Å². The lowest BCUT2D eigenvalue weighted by atomic mass is 10.1. The Balaban J connectivity index is 0.862. The van der Waals surface area contributed by atoms with Gasteiger partial charge in [0.1, 0.15) is 66.8 Å². The van der Waals surface area contributed by atoms with E-state index in [-0.39, 0.29) is 51.2 Å². The number of nitrogen functional groups attached to an aromatic ring is 3. The van der Waals surface area contributed by atoms with E-state index in [9.17, 15) is 67.8 Å². The fraction of sp³-hybridized carbons (Fsp3) is 0.531. The standard InChI is InChI=1S/C32H43N15O24P4/c1-44-9-47(25-15(44)27(53)43-32(35)41-25)29-19(51)17(49)11(67-29)4-64-73(56,57)70-75(60,61)71-74(58,59)65-5-12-20(21(62-2)30(68-12)45-7-38-13-22(33)36-6-37-23(13)45)69-72(54,55)63-3-10-16(48)18(50)28(66-10)46-8-39-14-24(46)40-31(34)42-26(14)52/h6-12,16-21,28-30,48-51H,3-5H2,1-2H3,(H11-,33,34,35,36,37,40,41,42,43,52,53,54,55,56,57,58,59,60,61)/p-3/t10-,11-,12-,16?,17?,18+,19+,20?,21+,28-,29-,30-/m1/s1. The van der Waals surface area contributed by atoms with Crippen molar-refractivity contribution in [1.29, 1.82) is 0 Å². The number of aliphatic hydroxyl groups excluding tert-OH is 4. The molecule has 6 aromatic heterocycles. The highest BCUT2D eigenvalue weighted by Crippen LogP contribution is 2.63. The average Bonchev–Trinajstić information content (AvgIpc) is 4.17. The summed E-state index contributed by atoms with van der Waals surface area (Å²) in [5.41, 5.74) is 15.1. The number of phosphoric ester groups is 3. The third-order valence-electron chi connectivity index (χ3n) is 11.5. The van der Waals surface area contributed by atoms with Gasteiger partial charge in [0, 0.05) is 7.11 Å². The Morgan fingerprint density at radius 2 is 1.24 bits per heavy atom. The summed E-state index contributed by atoms with van der Waals surface area (Å²) in [6.07, 6.45) is -16.7. The molecule has 75 heavy (non-hydrogen) atoms. The molecule has 0 aromatic carbocycles. The van der Waals surface area contributed by atoms with E-state index >= 15 is 0 Å². The van der Waals surface area contributed by atoms with Crippen LogP contribution in [-0.2, 0) is 71.0 Å². The van der Waals surface area contributed by atoms with Crippen LogP contribution in [0.5, 0.6) is 0 Å². The molecule has 3 aliphatic rings. The number of hydrogen-bond acceptors (Lipinski definition) is 33. The second-order valence-corrected chi connectivity index (χ2v) is 22.3. The van der Waals surface area contributed by atoms with E-state index in [2.05, 4.69) is 57.5 Å². The van der Waals surface area contributed by atoms with E-state index in [1.807, 2.05) is 0 Å². The minimum Gasteiger partial charge on any atom is -0.756 e. The van der Waals surface area contributed by atoms with Gasteiger partial charge in [-0.1, -0.05) is 4.98 Å². The number of nitrogens with one attached hydrogen (secondary N) is 2. The van der Waals surface area contributed by atoms with Gasteiger partial charge in [0.25, 0.3) is 48.4 Å². The van der Waals surface area contributed by atoms with Crippen LogP contribution < -0.4 is 52.5 Å². The van der Waals surface area contributed by atoms with Gasteiger partial charge >= 0.3 is 5.65 Å². The van der Waals surface area contributed by atoms with Crippen molar-refractivity contribution in [3.05, 3.63) is 46.0 Å². The number of rotatable bonds is 19. The lowest BCUT2D eigenvalue weighted by Gasteiger charge is -2.35. The Morgan fingerprint density at radius 3 is 1.91 bits per heavy atom. The van der Waals surface area contributed by atoms with Gasteiger partial charge in [-0.25, -0.2) is 33.1 Å². The van der Waals surface area contributed by atoms with Crippen molar-refractivity contribution in [3.8, 4) is 0 Å². The van der Waals surface area contributed by atoms with Gasteiger partial charge in [-0.2, -0.15) is 4.98 Å². The highest BCUT2D eigenvalue weighted by atomic mass is 31.3. The molecule has 9 heterocycles. The van der Waals surface area contributed by atoms with Crippen molar-refractivity contribution in [2.45, 2.75) is 73.6 Å². The zero-order chi connectivity index (χ0) is 54.3. The van der Waals surface area contributed by atoms with E-state index in [0.29, 0.717) is 0 Å². The number of fused-ring (bicyclic) bond motifs is 3. The second kappa shape index (κ2) is 20.3. The molecule has 9 rings (SSSR count). The van der Waals surface area contributed by atoms with Crippen molar-refractivity contribution in [1.82, 2.24) is 53.6 Å². The van der Waals surface area contributed by atoms with Crippen LogP contribution in [0.1, 0.15) is 18.7 Å². The van der Waals surface area contributed by atoms with Crippen LogP contribution in [0.25, 0.3) is 33.5 Å².